The van der Waals surface area contributed by atoms with E-state index in [-0.39, 0.29) is 4.47 Å². The minimum Gasteiger partial charge on any atom is -0.503 e. The highest BCUT2D eigenvalue weighted by atomic mass is 79.9. The quantitative estimate of drug-likeness (QED) is 0.798. The van der Waals surface area contributed by atoms with Gasteiger partial charge in [-0.2, -0.15) is 4.39 Å². The highest BCUT2D eigenvalue weighted by Crippen LogP contribution is 2.37. The Hall–Kier alpha value is -0.840. The SMILES string of the molecule is Oc1c(N2CCCC2)cc(Br)c(F)c1F. The molecule has 0 aromatic heterocycles. The van der Waals surface area contributed by atoms with Gasteiger partial charge in [0.05, 0.1) is 10.2 Å². The first-order valence-electron chi connectivity index (χ1n) is 4.72. The topological polar surface area (TPSA) is 23.5 Å². The lowest BCUT2D eigenvalue weighted by atomic mass is 10.2. The maximum absolute atomic E-state index is 13.2. The van der Waals surface area contributed by atoms with E-state index < -0.39 is 17.4 Å². The van der Waals surface area contributed by atoms with Gasteiger partial charge in [0.2, 0.25) is 5.82 Å². The monoisotopic (exact) mass is 277 g/mol. The molecule has 1 aromatic carbocycles. The predicted molar refractivity (Wildman–Crippen MR) is 57.2 cm³/mol. The second-order valence-electron chi connectivity index (χ2n) is 3.55. The Morgan fingerprint density at radius 3 is 2.40 bits per heavy atom. The maximum atomic E-state index is 13.2. The zero-order valence-electron chi connectivity index (χ0n) is 7.93. The fourth-order valence-corrected chi connectivity index (χ4v) is 2.16. The number of aromatic hydroxyl groups is 1. The van der Waals surface area contributed by atoms with Crippen molar-refractivity contribution in [2.45, 2.75) is 12.8 Å². The minimum atomic E-state index is -1.19. The summed E-state index contributed by atoms with van der Waals surface area (Å²) in [4.78, 5) is 1.85. The van der Waals surface area contributed by atoms with E-state index in [9.17, 15) is 13.9 Å². The Morgan fingerprint density at radius 2 is 1.80 bits per heavy atom. The van der Waals surface area contributed by atoms with E-state index in [1.165, 1.54) is 6.07 Å². The van der Waals surface area contributed by atoms with Gasteiger partial charge in [0.1, 0.15) is 0 Å². The van der Waals surface area contributed by atoms with E-state index in [2.05, 4.69) is 15.9 Å². The second kappa shape index (κ2) is 3.96. The van der Waals surface area contributed by atoms with Crippen molar-refractivity contribution in [3.8, 4) is 5.75 Å². The van der Waals surface area contributed by atoms with Gasteiger partial charge >= 0.3 is 0 Å². The lowest BCUT2D eigenvalue weighted by Crippen LogP contribution is -2.18. The third kappa shape index (κ3) is 1.80. The van der Waals surface area contributed by atoms with E-state index >= 15 is 0 Å². The van der Waals surface area contributed by atoms with Crippen molar-refractivity contribution in [3.05, 3.63) is 22.2 Å². The largest absolute Gasteiger partial charge is 0.503 e. The van der Waals surface area contributed by atoms with Crippen LogP contribution in [0.1, 0.15) is 12.8 Å². The molecule has 0 atom stereocenters. The molecular weight excluding hydrogens is 268 g/mol. The minimum absolute atomic E-state index is 0.0414. The molecule has 2 nitrogen and oxygen atoms in total. The smallest absolute Gasteiger partial charge is 0.203 e. The first-order valence-corrected chi connectivity index (χ1v) is 5.52. The van der Waals surface area contributed by atoms with Crippen molar-refractivity contribution in [2.24, 2.45) is 0 Å². The highest BCUT2D eigenvalue weighted by molar-refractivity contribution is 9.10. The number of anilines is 1. The Labute approximate surface area is 94.6 Å². The first-order chi connectivity index (χ1) is 7.11. The van der Waals surface area contributed by atoms with E-state index in [0.717, 1.165) is 25.9 Å². The fourth-order valence-electron chi connectivity index (χ4n) is 1.77. The Morgan fingerprint density at radius 1 is 1.20 bits per heavy atom. The average Bonchev–Trinajstić information content (AvgIpc) is 2.73. The Bertz CT molecular complexity index is 391. The van der Waals surface area contributed by atoms with Crippen LogP contribution in [0.2, 0.25) is 0 Å². The molecule has 15 heavy (non-hydrogen) atoms. The van der Waals surface area contributed by atoms with Crippen molar-refractivity contribution in [1.82, 2.24) is 0 Å². The lowest BCUT2D eigenvalue weighted by molar-refractivity contribution is 0.405. The molecule has 82 valence electrons. The summed E-state index contributed by atoms with van der Waals surface area (Å²) in [6, 6.07) is 1.42. The maximum Gasteiger partial charge on any atom is 0.203 e. The van der Waals surface area contributed by atoms with Gasteiger partial charge in [-0.05, 0) is 34.8 Å². The highest BCUT2D eigenvalue weighted by Gasteiger charge is 2.22. The zero-order valence-corrected chi connectivity index (χ0v) is 9.52. The van der Waals surface area contributed by atoms with E-state index in [1.807, 2.05) is 4.90 Å². The molecule has 5 heteroatoms. The molecule has 0 amide bonds. The second-order valence-corrected chi connectivity index (χ2v) is 4.40. The summed E-state index contributed by atoms with van der Waals surface area (Å²) >= 11 is 2.93. The number of rotatable bonds is 1. The van der Waals surface area contributed by atoms with Crippen LogP contribution in [0.25, 0.3) is 0 Å². The molecule has 1 saturated heterocycles. The van der Waals surface area contributed by atoms with E-state index in [0.29, 0.717) is 5.69 Å². The lowest BCUT2D eigenvalue weighted by Gasteiger charge is -2.19. The Balaban J connectivity index is 2.47. The summed E-state index contributed by atoms with van der Waals surface area (Å²) in [6.07, 6.45) is 2.02. The summed E-state index contributed by atoms with van der Waals surface area (Å²) in [7, 11) is 0. The molecule has 1 heterocycles. The molecule has 0 unspecified atom stereocenters. The van der Waals surface area contributed by atoms with Crippen molar-refractivity contribution in [1.29, 1.82) is 0 Å². The van der Waals surface area contributed by atoms with Gasteiger partial charge in [0, 0.05) is 13.1 Å². The van der Waals surface area contributed by atoms with Gasteiger partial charge in [-0.15, -0.1) is 0 Å². The van der Waals surface area contributed by atoms with Crippen molar-refractivity contribution in [2.75, 3.05) is 18.0 Å². The zero-order chi connectivity index (χ0) is 11.0. The van der Waals surface area contributed by atoms with Crippen molar-refractivity contribution in [3.63, 3.8) is 0 Å². The normalized spacial score (nSPS) is 16.1. The van der Waals surface area contributed by atoms with Crippen LogP contribution >= 0.6 is 15.9 Å². The van der Waals surface area contributed by atoms with E-state index in [4.69, 9.17) is 0 Å². The van der Waals surface area contributed by atoms with Gasteiger partial charge in [-0.1, -0.05) is 0 Å². The summed E-state index contributed by atoms with van der Waals surface area (Å²) in [5.74, 6) is -2.83. The molecule has 1 N–H and O–H groups in total. The number of benzene rings is 1. The average molecular weight is 278 g/mol. The van der Waals surface area contributed by atoms with Gasteiger partial charge in [0.25, 0.3) is 0 Å². The Kier molecular flexibility index (Phi) is 2.82. The van der Waals surface area contributed by atoms with Crippen LogP contribution in [0, 0.1) is 11.6 Å². The first kappa shape index (κ1) is 10.7. The summed E-state index contributed by atoms with van der Waals surface area (Å²) in [5, 5.41) is 9.49. The number of phenols is 1. The molecule has 0 radical (unpaired) electrons. The van der Waals surface area contributed by atoms with Crippen LogP contribution in [-0.4, -0.2) is 18.2 Å². The standard InChI is InChI=1S/C10H10BrF2NO/c11-6-5-7(14-3-1-2-4-14)10(15)9(13)8(6)12/h5,15H,1-4H2. The molecule has 0 spiro atoms. The summed E-state index contributed by atoms with van der Waals surface area (Å²) in [6.45, 7) is 1.54. The van der Waals surface area contributed by atoms with Crippen LogP contribution in [0.15, 0.2) is 10.5 Å². The molecule has 1 fully saturated rings. The third-order valence-electron chi connectivity index (χ3n) is 2.56. The number of phenolic OH excluding ortho intramolecular Hbond substituents is 1. The molecule has 1 aliphatic rings. The van der Waals surface area contributed by atoms with Crippen LogP contribution in [-0.2, 0) is 0 Å². The molecule has 1 aliphatic heterocycles. The molecule has 0 bridgehead atoms. The van der Waals surface area contributed by atoms with E-state index in [1.54, 1.807) is 0 Å². The number of hydrogen-bond acceptors (Lipinski definition) is 2. The fraction of sp³-hybridized carbons (Fsp3) is 0.400. The van der Waals surface area contributed by atoms with Gasteiger partial charge in [-0.25, -0.2) is 4.39 Å². The van der Waals surface area contributed by atoms with Gasteiger partial charge in [0.15, 0.2) is 11.6 Å². The summed E-state index contributed by atoms with van der Waals surface area (Å²) in [5.41, 5.74) is 0.360. The van der Waals surface area contributed by atoms with Gasteiger partial charge < -0.3 is 10.0 Å². The molecule has 1 aromatic rings. The number of nitrogens with zero attached hydrogens (tertiary/aromatic N) is 1. The van der Waals surface area contributed by atoms with Crippen molar-refractivity contribution >= 4 is 21.6 Å². The molecule has 2 rings (SSSR count). The van der Waals surface area contributed by atoms with Crippen molar-refractivity contribution < 1.29 is 13.9 Å². The predicted octanol–water partition coefficient (Wildman–Crippen LogP) is 3.03. The number of halogens is 3. The van der Waals surface area contributed by atoms with Crippen LogP contribution in [0.4, 0.5) is 14.5 Å². The molecule has 0 saturated carbocycles. The third-order valence-corrected chi connectivity index (χ3v) is 3.14. The van der Waals surface area contributed by atoms with Crippen LogP contribution in [0.3, 0.4) is 0 Å². The molecular formula is C10H10BrF2NO. The number of hydrogen-bond donors (Lipinski definition) is 1. The van der Waals surface area contributed by atoms with Crippen LogP contribution < -0.4 is 4.90 Å². The molecule has 0 aliphatic carbocycles. The summed E-state index contributed by atoms with van der Waals surface area (Å²) < 4.78 is 26.3. The van der Waals surface area contributed by atoms with Gasteiger partial charge in [-0.3, -0.25) is 0 Å². The van der Waals surface area contributed by atoms with Crippen LogP contribution in [0.5, 0.6) is 5.75 Å².